The van der Waals surface area contributed by atoms with E-state index in [4.69, 9.17) is 20.9 Å². The SMILES string of the molecule is Cc1cc(B2OC(Cc3ccc(F)cc3)(Cc3ccc(F)cc3)C(Cc3ccc(F)cc3)(Cc3ccc(F)cc3)O2)cc(Cl)n1. The Morgan fingerprint density at radius 1 is 0.556 bits per heavy atom. The third-order valence-corrected chi connectivity index (χ3v) is 8.52. The zero-order chi connectivity index (χ0) is 31.6. The summed E-state index contributed by atoms with van der Waals surface area (Å²) < 4.78 is 70.4. The second-order valence-electron chi connectivity index (χ2n) is 11.6. The molecule has 9 heteroatoms. The molecule has 45 heavy (non-hydrogen) atoms. The van der Waals surface area contributed by atoms with Crippen LogP contribution in [0.5, 0.6) is 0 Å². The van der Waals surface area contributed by atoms with Crippen LogP contribution in [0, 0.1) is 30.2 Å². The zero-order valence-electron chi connectivity index (χ0n) is 24.5. The van der Waals surface area contributed by atoms with Crippen LogP contribution in [0.1, 0.15) is 27.9 Å². The van der Waals surface area contributed by atoms with Crippen molar-refractivity contribution in [2.45, 2.75) is 43.8 Å². The van der Waals surface area contributed by atoms with Gasteiger partial charge in [0, 0.05) is 31.4 Å². The summed E-state index contributed by atoms with van der Waals surface area (Å²) in [4.78, 5) is 4.29. The molecule has 1 saturated heterocycles. The molecule has 0 N–H and O–H groups in total. The lowest BCUT2D eigenvalue weighted by molar-refractivity contribution is -0.0494. The third-order valence-electron chi connectivity index (χ3n) is 8.32. The summed E-state index contributed by atoms with van der Waals surface area (Å²) >= 11 is 6.38. The molecule has 0 atom stereocenters. The highest BCUT2D eigenvalue weighted by Gasteiger charge is 2.62. The molecule has 0 radical (unpaired) electrons. The van der Waals surface area contributed by atoms with Gasteiger partial charge in [0.1, 0.15) is 28.4 Å². The van der Waals surface area contributed by atoms with Crippen LogP contribution in [-0.2, 0) is 35.0 Å². The van der Waals surface area contributed by atoms with E-state index in [1.165, 1.54) is 48.5 Å². The van der Waals surface area contributed by atoms with Gasteiger partial charge in [-0.05, 0) is 95.3 Å². The van der Waals surface area contributed by atoms with Crippen LogP contribution in [-0.4, -0.2) is 23.3 Å². The molecule has 228 valence electrons. The predicted octanol–water partition coefficient (Wildman–Crippen LogP) is 7.79. The first-order chi connectivity index (χ1) is 21.6. The van der Waals surface area contributed by atoms with Crippen LogP contribution in [0.4, 0.5) is 17.6 Å². The second-order valence-corrected chi connectivity index (χ2v) is 12.0. The highest BCUT2D eigenvalue weighted by Crippen LogP contribution is 2.47. The molecule has 1 fully saturated rings. The van der Waals surface area contributed by atoms with Crippen LogP contribution >= 0.6 is 11.6 Å². The zero-order valence-corrected chi connectivity index (χ0v) is 25.2. The summed E-state index contributed by atoms with van der Waals surface area (Å²) in [5, 5.41) is 0.273. The molecule has 6 rings (SSSR count). The van der Waals surface area contributed by atoms with Crippen LogP contribution in [0.2, 0.25) is 5.15 Å². The minimum absolute atomic E-state index is 0.273. The van der Waals surface area contributed by atoms with Crippen LogP contribution in [0.3, 0.4) is 0 Å². The van der Waals surface area contributed by atoms with E-state index in [9.17, 15) is 17.6 Å². The van der Waals surface area contributed by atoms with E-state index in [1.807, 2.05) is 13.0 Å². The maximum Gasteiger partial charge on any atom is 0.495 e. The Labute approximate surface area is 265 Å². The summed E-state index contributed by atoms with van der Waals surface area (Å²) in [6.45, 7) is 1.82. The van der Waals surface area contributed by atoms with Gasteiger partial charge >= 0.3 is 7.12 Å². The number of hydrogen-bond acceptors (Lipinski definition) is 3. The molecular formula is C36H29BClF4NO2. The largest absolute Gasteiger partial charge is 0.495 e. The van der Waals surface area contributed by atoms with Gasteiger partial charge in [0.25, 0.3) is 0 Å². The van der Waals surface area contributed by atoms with Gasteiger partial charge in [-0.3, -0.25) is 0 Å². The van der Waals surface area contributed by atoms with Gasteiger partial charge in [-0.25, -0.2) is 22.5 Å². The monoisotopic (exact) mass is 629 g/mol. The Morgan fingerprint density at radius 3 is 1.16 bits per heavy atom. The summed E-state index contributed by atoms with van der Waals surface area (Å²) in [5.74, 6) is -1.51. The summed E-state index contributed by atoms with van der Waals surface area (Å²) in [5.41, 5.74) is 2.16. The number of rotatable bonds is 9. The van der Waals surface area contributed by atoms with Crippen molar-refractivity contribution in [1.29, 1.82) is 0 Å². The molecule has 0 spiro atoms. The van der Waals surface area contributed by atoms with Crippen molar-refractivity contribution < 1.29 is 26.9 Å². The van der Waals surface area contributed by atoms with Crippen molar-refractivity contribution in [2.24, 2.45) is 0 Å². The molecule has 3 nitrogen and oxygen atoms in total. The fraction of sp³-hybridized carbons (Fsp3) is 0.194. The molecular weight excluding hydrogens is 601 g/mol. The van der Waals surface area contributed by atoms with Crippen molar-refractivity contribution in [3.63, 3.8) is 0 Å². The van der Waals surface area contributed by atoms with Crippen molar-refractivity contribution in [1.82, 2.24) is 4.98 Å². The lowest BCUT2D eigenvalue weighted by Crippen LogP contribution is -2.57. The molecule has 1 aliphatic rings. The molecule has 4 aromatic carbocycles. The van der Waals surface area contributed by atoms with Gasteiger partial charge in [0.15, 0.2) is 0 Å². The van der Waals surface area contributed by atoms with Gasteiger partial charge in [-0.15, -0.1) is 0 Å². The fourth-order valence-corrected chi connectivity index (χ4v) is 6.50. The van der Waals surface area contributed by atoms with Crippen molar-refractivity contribution in [3.05, 3.63) is 166 Å². The first kappa shape index (κ1) is 31.0. The quantitative estimate of drug-likeness (QED) is 0.0948. The van der Waals surface area contributed by atoms with Crippen LogP contribution in [0.25, 0.3) is 0 Å². The molecule has 2 heterocycles. The Morgan fingerprint density at radius 2 is 0.867 bits per heavy atom. The van der Waals surface area contributed by atoms with Gasteiger partial charge in [-0.2, -0.15) is 0 Å². The molecule has 0 aliphatic carbocycles. The smallest absolute Gasteiger partial charge is 0.398 e. The number of pyridine rings is 1. The van der Waals surface area contributed by atoms with E-state index in [1.54, 1.807) is 54.6 Å². The maximum absolute atomic E-state index is 14.1. The van der Waals surface area contributed by atoms with E-state index in [0.717, 1.165) is 22.3 Å². The van der Waals surface area contributed by atoms with Crippen LogP contribution in [0.15, 0.2) is 109 Å². The summed E-state index contributed by atoms with van der Waals surface area (Å²) in [6, 6.07) is 28.3. The molecule has 1 aromatic heterocycles. The van der Waals surface area contributed by atoms with Crippen LogP contribution < -0.4 is 5.46 Å². The Kier molecular flexibility index (Phi) is 8.82. The Hall–Kier alpha value is -3.98. The average molecular weight is 630 g/mol. The number of aromatic nitrogens is 1. The first-order valence-corrected chi connectivity index (χ1v) is 15.0. The number of nitrogens with zero attached hydrogens (tertiary/aromatic N) is 1. The van der Waals surface area contributed by atoms with Gasteiger partial charge < -0.3 is 9.31 Å². The Bertz CT molecular complexity index is 1550. The van der Waals surface area contributed by atoms with Gasteiger partial charge in [0.2, 0.25) is 0 Å². The Balaban J connectivity index is 1.57. The minimum atomic E-state index is -1.15. The van der Waals surface area contributed by atoms with E-state index in [0.29, 0.717) is 11.2 Å². The van der Waals surface area contributed by atoms with E-state index in [-0.39, 0.29) is 54.1 Å². The van der Waals surface area contributed by atoms with E-state index < -0.39 is 18.3 Å². The van der Waals surface area contributed by atoms with Gasteiger partial charge in [0.05, 0.1) is 11.2 Å². The normalized spacial score (nSPS) is 15.4. The standard InChI is InChI=1S/C36H29BClF4NO2/c1-24-18-29(19-34(38)43-24)37-44-35(20-25-2-10-30(39)11-3-25,21-26-4-12-31(40)13-5-26)36(45-37,22-27-6-14-32(41)15-7-27)23-28-8-16-33(42)17-9-28/h2-19H,20-23H2,1H3. The van der Waals surface area contributed by atoms with Crippen molar-refractivity contribution in [3.8, 4) is 0 Å². The van der Waals surface area contributed by atoms with E-state index in [2.05, 4.69) is 4.98 Å². The highest BCUT2D eigenvalue weighted by molar-refractivity contribution is 6.62. The topological polar surface area (TPSA) is 31.4 Å². The minimum Gasteiger partial charge on any atom is -0.398 e. The lowest BCUT2D eigenvalue weighted by Gasteiger charge is -2.45. The molecule has 5 aromatic rings. The average Bonchev–Trinajstić information content (AvgIpc) is 3.30. The maximum atomic E-state index is 14.1. The number of halogens is 5. The summed E-state index contributed by atoms with van der Waals surface area (Å²) in [6.07, 6.45) is 1.12. The summed E-state index contributed by atoms with van der Waals surface area (Å²) in [7, 11) is -0.911. The lowest BCUT2D eigenvalue weighted by atomic mass is 9.69. The van der Waals surface area contributed by atoms with Gasteiger partial charge in [-0.1, -0.05) is 60.1 Å². The third kappa shape index (κ3) is 6.98. The molecule has 0 bridgehead atoms. The van der Waals surface area contributed by atoms with E-state index >= 15 is 0 Å². The van der Waals surface area contributed by atoms with Crippen molar-refractivity contribution in [2.75, 3.05) is 0 Å². The van der Waals surface area contributed by atoms with Crippen molar-refractivity contribution >= 4 is 24.2 Å². The molecule has 1 aliphatic heterocycles. The second kappa shape index (κ2) is 12.8. The fourth-order valence-electron chi connectivity index (χ4n) is 6.24. The molecule has 0 saturated carbocycles. The first-order valence-electron chi connectivity index (χ1n) is 14.6. The number of benzene rings is 4. The number of hydrogen-bond donors (Lipinski definition) is 0. The highest BCUT2D eigenvalue weighted by atomic mass is 35.5. The molecule has 0 unspecified atom stereocenters. The molecule has 0 amide bonds. The predicted molar refractivity (Wildman–Crippen MR) is 167 cm³/mol. The number of aryl methyl sites for hydroxylation is 1.